The number of thioether (sulfide) groups is 1. The van der Waals surface area contributed by atoms with Crippen molar-refractivity contribution >= 4 is 23.8 Å². The van der Waals surface area contributed by atoms with Gasteiger partial charge in [0.15, 0.2) is 0 Å². The molecular formula is C11H18N2O3S. The number of carbonyl (C=O) groups excluding carboxylic acids is 1. The molecule has 0 aromatic heterocycles. The van der Waals surface area contributed by atoms with Gasteiger partial charge in [0.25, 0.3) is 0 Å². The molecule has 2 aliphatic rings. The molecule has 2 fully saturated rings. The van der Waals surface area contributed by atoms with Gasteiger partial charge in [-0.25, -0.2) is 9.59 Å². The summed E-state index contributed by atoms with van der Waals surface area (Å²) >= 11 is 1.85. The van der Waals surface area contributed by atoms with E-state index in [2.05, 4.69) is 5.32 Å². The van der Waals surface area contributed by atoms with E-state index < -0.39 is 12.0 Å². The molecule has 5 nitrogen and oxygen atoms in total. The van der Waals surface area contributed by atoms with Crippen molar-refractivity contribution in [2.75, 3.05) is 18.1 Å². The van der Waals surface area contributed by atoms with E-state index in [0.29, 0.717) is 13.0 Å². The lowest BCUT2D eigenvalue weighted by Gasteiger charge is -2.27. The summed E-state index contributed by atoms with van der Waals surface area (Å²) in [6, 6.07) is -0.634. The van der Waals surface area contributed by atoms with Gasteiger partial charge in [0, 0.05) is 18.3 Å². The molecule has 2 rings (SSSR count). The number of hydrogen-bond donors (Lipinski definition) is 2. The number of aliphatic carboxylic acids is 1. The largest absolute Gasteiger partial charge is 0.480 e. The van der Waals surface area contributed by atoms with E-state index in [4.69, 9.17) is 5.11 Å². The highest BCUT2D eigenvalue weighted by atomic mass is 32.2. The molecule has 2 saturated heterocycles. The van der Waals surface area contributed by atoms with E-state index >= 15 is 0 Å². The van der Waals surface area contributed by atoms with E-state index in [1.807, 2.05) is 11.8 Å². The van der Waals surface area contributed by atoms with Gasteiger partial charge in [-0.15, -0.1) is 0 Å². The zero-order chi connectivity index (χ0) is 12.3. The van der Waals surface area contributed by atoms with Crippen molar-refractivity contribution in [3.63, 3.8) is 0 Å². The van der Waals surface area contributed by atoms with Gasteiger partial charge in [-0.2, -0.15) is 11.8 Å². The predicted molar refractivity (Wildman–Crippen MR) is 66.2 cm³/mol. The molecule has 0 aromatic rings. The van der Waals surface area contributed by atoms with Crippen LogP contribution >= 0.6 is 11.8 Å². The lowest BCUT2D eigenvalue weighted by Crippen LogP contribution is -2.50. The summed E-state index contributed by atoms with van der Waals surface area (Å²) < 4.78 is 0. The number of carboxylic acid groups (broad SMARTS) is 1. The van der Waals surface area contributed by atoms with Crippen molar-refractivity contribution in [3.05, 3.63) is 0 Å². The van der Waals surface area contributed by atoms with Gasteiger partial charge in [0.05, 0.1) is 0 Å². The zero-order valence-corrected chi connectivity index (χ0v) is 10.5. The molecular weight excluding hydrogens is 240 g/mol. The third-order valence-corrected chi connectivity index (χ3v) is 4.50. The van der Waals surface area contributed by atoms with Gasteiger partial charge in [-0.05, 0) is 31.4 Å². The first kappa shape index (κ1) is 12.5. The number of likely N-dealkylation sites (tertiary alicyclic amines) is 1. The quantitative estimate of drug-likeness (QED) is 0.779. The molecule has 2 aliphatic heterocycles. The molecule has 6 heteroatoms. The highest BCUT2D eigenvalue weighted by molar-refractivity contribution is 7.99. The minimum absolute atomic E-state index is 0.205. The number of hydrogen-bond acceptors (Lipinski definition) is 3. The molecule has 2 N–H and O–H groups in total. The Bertz CT molecular complexity index is 305. The second kappa shape index (κ2) is 5.62. The minimum atomic E-state index is -0.893. The normalized spacial score (nSPS) is 29.1. The number of nitrogens with zero attached hydrogens (tertiary/aromatic N) is 1. The van der Waals surface area contributed by atoms with Crippen LogP contribution in [0, 0.1) is 0 Å². The van der Waals surface area contributed by atoms with Crippen LogP contribution in [-0.2, 0) is 4.79 Å². The van der Waals surface area contributed by atoms with Crippen molar-refractivity contribution in [1.29, 1.82) is 0 Å². The topological polar surface area (TPSA) is 69.6 Å². The second-order valence-corrected chi connectivity index (χ2v) is 5.70. The van der Waals surface area contributed by atoms with Crippen molar-refractivity contribution < 1.29 is 14.7 Å². The summed E-state index contributed by atoms with van der Waals surface area (Å²) in [5, 5.41) is 12.0. The third-order valence-electron chi connectivity index (χ3n) is 3.29. The van der Waals surface area contributed by atoms with Gasteiger partial charge >= 0.3 is 12.0 Å². The maximum atomic E-state index is 12.0. The number of carboxylic acids is 1. The standard InChI is InChI=1S/C11H18N2O3S/c14-10(15)9-4-1-5-13(9)11(16)12-8-3-2-6-17-7-8/h8-9H,1-7H2,(H,12,16)(H,14,15)/t8?,9-/m1/s1. The fraction of sp³-hybridized carbons (Fsp3) is 0.818. The average Bonchev–Trinajstić information content (AvgIpc) is 2.79. The molecule has 2 amide bonds. The van der Waals surface area contributed by atoms with Gasteiger partial charge < -0.3 is 15.3 Å². The van der Waals surface area contributed by atoms with Crippen LogP contribution < -0.4 is 5.32 Å². The van der Waals surface area contributed by atoms with Crippen LogP contribution in [0.2, 0.25) is 0 Å². The Kier molecular flexibility index (Phi) is 4.15. The summed E-state index contributed by atoms with van der Waals surface area (Å²) in [4.78, 5) is 24.4. The van der Waals surface area contributed by atoms with Crippen molar-refractivity contribution in [2.24, 2.45) is 0 Å². The Morgan fingerprint density at radius 3 is 2.76 bits per heavy atom. The van der Waals surface area contributed by atoms with E-state index in [-0.39, 0.29) is 12.1 Å². The first-order chi connectivity index (χ1) is 8.18. The maximum absolute atomic E-state index is 12.0. The van der Waals surface area contributed by atoms with Gasteiger partial charge in [-0.3, -0.25) is 0 Å². The van der Waals surface area contributed by atoms with Crippen LogP contribution in [0.5, 0.6) is 0 Å². The SMILES string of the molecule is O=C(O)[C@H]1CCCN1C(=O)NC1CCCSC1. The molecule has 17 heavy (non-hydrogen) atoms. The summed E-state index contributed by atoms with van der Waals surface area (Å²) in [6.45, 7) is 0.558. The van der Waals surface area contributed by atoms with Crippen LogP contribution in [0.15, 0.2) is 0 Å². The molecule has 0 saturated carbocycles. The van der Waals surface area contributed by atoms with Crippen molar-refractivity contribution in [1.82, 2.24) is 10.2 Å². The number of amides is 2. The number of urea groups is 1. The summed E-state index contributed by atoms with van der Waals surface area (Å²) in [5.41, 5.74) is 0. The van der Waals surface area contributed by atoms with E-state index in [9.17, 15) is 9.59 Å². The van der Waals surface area contributed by atoms with Crippen molar-refractivity contribution in [3.8, 4) is 0 Å². The Morgan fingerprint density at radius 2 is 2.12 bits per heavy atom. The Labute approximate surface area is 105 Å². The molecule has 0 radical (unpaired) electrons. The first-order valence-corrected chi connectivity index (χ1v) is 7.21. The first-order valence-electron chi connectivity index (χ1n) is 6.06. The monoisotopic (exact) mass is 258 g/mol. The third kappa shape index (κ3) is 3.06. The maximum Gasteiger partial charge on any atom is 0.326 e. The summed E-state index contributed by atoms with van der Waals surface area (Å²) in [5.74, 6) is 1.21. The minimum Gasteiger partial charge on any atom is -0.480 e. The lowest BCUT2D eigenvalue weighted by molar-refractivity contribution is -0.141. The van der Waals surface area contributed by atoms with Crippen LogP contribution in [0.3, 0.4) is 0 Å². The molecule has 0 aliphatic carbocycles. The Balaban J connectivity index is 1.88. The van der Waals surface area contributed by atoms with Gasteiger partial charge in [0.2, 0.25) is 0 Å². The highest BCUT2D eigenvalue weighted by Gasteiger charge is 2.34. The van der Waals surface area contributed by atoms with Crippen LogP contribution in [0.1, 0.15) is 25.7 Å². The zero-order valence-electron chi connectivity index (χ0n) is 9.72. The molecule has 2 heterocycles. The highest BCUT2D eigenvalue weighted by Crippen LogP contribution is 2.20. The molecule has 1 unspecified atom stereocenters. The Morgan fingerprint density at radius 1 is 1.29 bits per heavy atom. The molecule has 0 spiro atoms. The predicted octanol–water partition coefficient (Wildman–Crippen LogP) is 1.14. The lowest BCUT2D eigenvalue weighted by atomic mass is 10.2. The Hall–Kier alpha value is -0.910. The second-order valence-electron chi connectivity index (χ2n) is 4.55. The van der Waals surface area contributed by atoms with Crippen LogP contribution in [0.4, 0.5) is 4.79 Å². The molecule has 0 bridgehead atoms. The van der Waals surface area contributed by atoms with Gasteiger partial charge in [0.1, 0.15) is 6.04 Å². The molecule has 0 aromatic carbocycles. The fourth-order valence-corrected chi connectivity index (χ4v) is 3.45. The number of carbonyl (C=O) groups is 2. The number of nitrogens with one attached hydrogen (secondary N) is 1. The summed E-state index contributed by atoms with van der Waals surface area (Å²) in [6.07, 6.45) is 3.48. The van der Waals surface area contributed by atoms with Gasteiger partial charge in [-0.1, -0.05) is 0 Å². The van der Waals surface area contributed by atoms with Crippen LogP contribution in [-0.4, -0.2) is 52.1 Å². The number of rotatable bonds is 2. The molecule has 96 valence electrons. The van der Waals surface area contributed by atoms with Crippen molar-refractivity contribution in [2.45, 2.75) is 37.8 Å². The van der Waals surface area contributed by atoms with E-state index in [0.717, 1.165) is 30.8 Å². The van der Waals surface area contributed by atoms with E-state index in [1.54, 1.807) is 0 Å². The smallest absolute Gasteiger partial charge is 0.326 e. The fourth-order valence-electron chi connectivity index (χ4n) is 2.38. The average molecular weight is 258 g/mol. The summed E-state index contributed by atoms with van der Waals surface area (Å²) in [7, 11) is 0. The van der Waals surface area contributed by atoms with E-state index in [1.165, 1.54) is 4.90 Å². The molecule has 2 atom stereocenters. The van der Waals surface area contributed by atoms with Crippen LogP contribution in [0.25, 0.3) is 0 Å².